The molecule has 140 valence electrons. The van der Waals surface area contributed by atoms with Crippen molar-refractivity contribution in [2.75, 3.05) is 20.8 Å². The van der Waals surface area contributed by atoms with Crippen LogP contribution in [0.5, 0.6) is 11.5 Å². The van der Waals surface area contributed by atoms with Crippen molar-refractivity contribution >= 4 is 10.9 Å². The van der Waals surface area contributed by atoms with Crippen LogP contribution in [0.2, 0.25) is 0 Å². The van der Waals surface area contributed by atoms with Gasteiger partial charge in [-0.3, -0.25) is 9.69 Å². The lowest BCUT2D eigenvalue weighted by atomic mass is 10.0. The average Bonchev–Trinajstić information content (AvgIpc) is 3.15. The van der Waals surface area contributed by atoms with Crippen LogP contribution in [0.1, 0.15) is 30.3 Å². The largest absolute Gasteiger partial charge is 0.493 e. The Morgan fingerprint density at radius 1 is 1.15 bits per heavy atom. The Balaban J connectivity index is 1.67. The molecule has 1 fully saturated rings. The molecular weight excluding hydrogens is 342 g/mol. The highest BCUT2D eigenvalue weighted by molar-refractivity contribution is 5.81. The zero-order valence-electron chi connectivity index (χ0n) is 15.6. The molecule has 6 heteroatoms. The van der Waals surface area contributed by atoms with Gasteiger partial charge in [-0.25, -0.2) is 4.98 Å². The molecule has 0 bridgehead atoms. The monoisotopic (exact) mass is 365 g/mol. The number of rotatable bonds is 5. The Hall–Kier alpha value is -2.86. The number of H-pyrrole nitrogens is 1. The maximum Gasteiger partial charge on any atom is 0.258 e. The van der Waals surface area contributed by atoms with Gasteiger partial charge in [0.05, 0.1) is 31.7 Å². The van der Waals surface area contributed by atoms with Gasteiger partial charge in [-0.05, 0) is 31.0 Å². The molecule has 0 spiro atoms. The van der Waals surface area contributed by atoms with E-state index in [0.29, 0.717) is 40.8 Å². The summed E-state index contributed by atoms with van der Waals surface area (Å²) in [7, 11) is 3.13. The lowest BCUT2D eigenvalue weighted by molar-refractivity contribution is 0.242. The molecule has 1 atom stereocenters. The highest BCUT2D eigenvalue weighted by Gasteiger charge is 2.26. The number of hydrogen-bond donors (Lipinski definition) is 1. The second-order valence-electron chi connectivity index (χ2n) is 6.78. The highest BCUT2D eigenvalue weighted by atomic mass is 16.5. The number of benzene rings is 2. The first kappa shape index (κ1) is 17.5. The molecule has 0 radical (unpaired) electrons. The minimum Gasteiger partial charge on any atom is -0.493 e. The van der Waals surface area contributed by atoms with Gasteiger partial charge in [-0.2, -0.15) is 0 Å². The summed E-state index contributed by atoms with van der Waals surface area (Å²) in [6.45, 7) is 1.60. The Morgan fingerprint density at radius 2 is 1.89 bits per heavy atom. The molecule has 1 saturated heterocycles. The summed E-state index contributed by atoms with van der Waals surface area (Å²) in [5.41, 5.74) is 1.76. The van der Waals surface area contributed by atoms with Crippen molar-refractivity contribution in [2.24, 2.45) is 0 Å². The summed E-state index contributed by atoms with van der Waals surface area (Å²) >= 11 is 0. The molecule has 1 aliphatic heterocycles. The van der Waals surface area contributed by atoms with Crippen LogP contribution < -0.4 is 15.0 Å². The Morgan fingerprint density at radius 3 is 2.63 bits per heavy atom. The Labute approximate surface area is 157 Å². The summed E-state index contributed by atoms with van der Waals surface area (Å²) < 4.78 is 10.6. The fourth-order valence-corrected chi connectivity index (χ4v) is 3.85. The van der Waals surface area contributed by atoms with E-state index in [-0.39, 0.29) is 5.56 Å². The van der Waals surface area contributed by atoms with E-state index in [9.17, 15) is 4.79 Å². The summed E-state index contributed by atoms with van der Waals surface area (Å²) in [5.74, 6) is 1.76. The van der Waals surface area contributed by atoms with E-state index in [1.807, 2.05) is 6.07 Å². The van der Waals surface area contributed by atoms with Crippen LogP contribution in [0.3, 0.4) is 0 Å². The van der Waals surface area contributed by atoms with Crippen molar-refractivity contribution in [1.29, 1.82) is 0 Å². The SMILES string of the molecule is COc1cc2nc(CN3CCC[C@H]3c3ccccc3)[nH]c(=O)c2cc1OC. The molecule has 0 aliphatic carbocycles. The van der Waals surface area contributed by atoms with Gasteiger partial charge in [0.15, 0.2) is 11.5 Å². The van der Waals surface area contributed by atoms with E-state index in [0.717, 1.165) is 19.4 Å². The van der Waals surface area contributed by atoms with E-state index in [1.165, 1.54) is 5.56 Å². The summed E-state index contributed by atoms with van der Waals surface area (Å²) in [4.78, 5) is 22.6. The maximum absolute atomic E-state index is 12.6. The van der Waals surface area contributed by atoms with Crippen molar-refractivity contribution in [3.05, 3.63) is 64.2 Å². The number of hydrogen-bond acceptors (Lipinski definition) is 5. The molecule has 3 aromatic rings. The third kappa shape index (κ3) is 3.40. The first-order chi connectivity index (χ1) is 13.2. The third-order valence-electron chi connectivity index (χ3n) is 5.16. The van der Waals surface area contributed by atoms with E-state index in [2.05, 4.69) is 39.1 Å². The quantitative estimate of drug-likeness (QED) is 0.752. The van der Waals surface area contributed by atoms with Crippen molar-refractivity contribution in [3.8, 4) is 11.5 Å². The molecule has 1 N–H and O–H groups in total. The normalized spacial score (nSPS) is 17.3. The fraction of sp³-hybridized carbons (Fsp3) is 0.333. The van der Waals surface area contributed by atoms with Gasteiger partial charge in [0, 0.05) is 12.1 Å². The second-order valence-corrected chi connectivity index (χ2v) is 6.78. The summed E-state index contributed by atoms with van der Waals surface area (Å²) in [6.07, 6.45) is 2.26. The number of fused-ring (bicyclic) bond motifs is 1. The number of likely N-dealkylation sites (tertiary alicyclic amines) is 1. The molecule has 4 rings (SSSR count). The Bertz CT molecular complexity index is 1000. The lowest BCUT2D eigenvalue weighted by Crippen LogP contribution is -2.25. The van der Waals surface area contributed by atoms with Crippen molar-refractivity contribution in [1.82, 2.24) is 14.9 Å². The number of aromatic nitrogens is 2. The molecule has 0 amide bonds. The van der Waals surface area contributed by atoms with Crippen molar-refractivity contribution in [3.63, 3.8) is 0 Å². The summed E-state index contributed by atoms with van der Waals surface area (Å²) in [6, 6.07) is 14.3. The number of nitrogens with one attached hydrogen (secondary N) is 1. The summed E-state index contributed by atoms with van der Waals surface area (Å²) in [5, 5.41) is 0.498. The Kier molecular flexibility index (Phi) is 4.81. The standard InChI is InChI=1S/C21H23N3O3/c1-26-18-11-15-16(12-19(18)27-2)22-20(23-21(15)25)13-24-10-6-9-17(24)14-7-4-3-5-8-14/h3-5,7-8,11-12,17H,6,9-10,13H2,1-2H3,(H,22,23,25)/t17-/m0/s1. The van der Waals surface area contributed by atoms with E-state index >= 15 is 0 Å². The van der Waals surface area contributed by atoms with E-state index in [1.54, 1.807) is 26.4 Å². The molecule has 1 aliphatic rings. The topological polar surface area (TPSA) is 67.5 Å². The van der Waals surface area contributed by atoms with Crippen LogP contribution in [0.25, 0.3) is 10.9 Å². The zero-order chi connectivity index (χ0) is 18.8. The van der Waals surface area contributed by atoms with Gasteiger partial charge < -0.3 is 14.5 Å². The molecule has 6 nitrogen and oxygen atoms in total. The number of aromatic amines is 1. The van der Waals surface area contributed by atoms with Crippen LogP contribution in [0.4, 0.5) is 0 Å². The smallest absolute Gasteiger partial charge is 0.258 e. The molecule has 2 heterocycles. The van der Waals surface area contributed by atoms with Crippen LogP contribution in [-0.2, 0) is 6.54 Å². The van der Waals surface area contributed by atoms with Crippen LogP contribution >= 0.6 is 0 Å². The van der Waals surface area contributed by atoms with Crippen LogP contribution in [0, 0.1) is 0 Å². The van der Waals surface area contributed by atoms with Gasteiger partial charge in [-0.1, -0.05) is 30.3 Å². The first-order valence-corrected chi connectivity index (χ1v) is 9.13. The first-order valence-electron chi connectivity index (χ1n) is 9.13. The van der Waals surface area contributed by atoms with E-state index < -0.39 is 0 Å². The maximum atomic E-state index is 12.6. The van der Waals surface area contributed by atoms with Crippen LogP contribution in [-0.4, -0.2) is 35.6 Å². The van der Waals surface area contributed by atoms with Gasteiger partial charge in [0.2, 0.25) is 0 Å². The van der Waals surface area contributed by atoms with Crippen molar-refractivity contribution < 1.29 is 9.47 Å². The van der Waals surface area contributed by atoms with Crippen molar-refractivity contribution in [2.45, 2.75) is 25.4 Å². The van der Waals surface area contributed by atoms with Crippen LogP contribution in [0.15, 0.2) is 47.3 Å². The van der Waals surface area contributed by atoms with Gasteiger partial charge in [-0.15, -0.1) is 0 Å². The molecule has 0 unspecified atom stereocenters. The predicted molar refractivity (Wildman–Crippen MR) is 104 cm³/mol. The highest BCUT2D eigenvalue weighted by Crippen LogP contribution is 2.33. The molecule has 0 saturated carbocycles. The second kappa shape index (κ2) is 7.40. The number of methoxy groups -OCH3 is 2. The van der Waals surface area contributed by atoms with Gasteiger partial charge in [0.1, 0.15) is 5.82 Å². The zero-order valence-corrected chi connectivity index (χ0v) is 15.6. The fourth-order valence-electron chi connectivity index (χ4n) is 3.85. The lowest BCUT2D eigenvalue weighted by Gasteiger charge is -2.24. The number of nitrogens with zero attached hydrogens (tertiary/aromatic N) is 2. The molecular formula is C21H23N3O3. The molecule has 1 aromatic heterocycles. The molecule has 2 aromatic carbocycles. The average molecular weight is 365 g/mol. The van der Waals surface area contributed by atoms with Gasteiger partial charge >= 0.3 is 0 Å². The minimum absolute atomic E-state index is 0.161. The third-order valence-corrected chi connectivity index (χ3v) is 5.16. The number of ether oxygens (including phenoxy) is 2. The minimum atomic E-state index is -0.161. The van der Waals surface area contributed by atoms with Gasteiger partial charge in [0.25, 0.3) is 5.56 Å². The predicted octanol–water partition coefficient (Wildman–Crippen LogP) is 3.28. The molecule has 27 heavy (non-hydrogen) atoms. The van der Waals surface area contributed by atoms with E-state index in [4.69, 9.17) is 9.47 Å².